The molecule has 1 fully saturated rings. The molecule has 1 aliphatic heterocycles. The predicted octanol–water partition coefficient (Wildman–Crippen LogP) is 4.45. The fourth-order valence-electron chi connectivity index (χ4n) is 3.82. The van der Waals surface area contributed by atoms with Crippen LogP contribution >= 0.6 is 24.0 Å². The molecule has 0 radical (unpaired) electrons. The Morgan fingerprint density at radius 1 is 1.03 bits per heavy atom. The van der Waals surface area contributed by atoms with Gasteiger partial charge in [-0.1, -0.05) is 36.4 Å². The maximum Gasteiger partial charge on any atom is 0.191 e. The number of furan rings is 1. The molecule has 0 amide bonds. The molecule has 31 heavy (non-hydrogen) atoms. The molecular weight excluding hydrogens is 503 g/mol. The Morgan fingerprint density at radius 3 is 2.55 bits per heavy atom. The zero-order valence-electron chi connectivity index (χ0n) is 18.2. The maximum atomic E-state index is 6.02. The van der Waals surface area contributed by atoms with Crippen LogP contribution in [-0.2, 0) is 17.8 Å². The molecule has 1 saturated heterocycles. The molecule has 0 spiro atoms. The lowest BCUT2D eigenvalue weighted by Crippen LogP contribution is -2.37. The number of para-hydroxylation sites is 2. The summed E-state index contributed by atoms with van der Waals surface area (Å²) in [5, 5.41) is 7.92. The molecule has 0 saturated carbocycles. The van der Waals surface area contributed by atoms with Gasteiger partial charge in [-0.3, -0.25) is 0 Å². The summed E-state index contributed by atoms with van der Waals surface area (Å²) in [5.74, 6) is 1.73. The van der Waals surface area contributed by atoms with E-state index in [2.05, 4.69) is 59.7 Å². The lowest BCUT2D eigenvalue weighted by atomic mass is 10.1. The highest BCUT2D eigenvalue weighted by Gasteiger charge is 2.14. The third kappa shape index (κ3) is 5.71. The molecule has 2 aromatic carbocycles. The second kappa shape index (κ2) is 11.4. The van der Waals surface area contributed by atoms with Gasteiger partial charge in [0.15, 0.2) is 5.96 Å². The van der Waals surface area contributed by atoms with Gasteiger partial charge in [-0.25, -0.2) is 4.99 Å². The fourth-order valence-corrected chi connectivity index (χ4v) is 3.82. The molecule has 0 atom stereocenters. The van der Waals surface area contributed by atoms with E-state index in [0.717, 1.165) is 55.5 Å². The monoisotopic (exact) mass is 534 g/mol. The summed E-state index contributed by atoms with van der Waals surface area (Å²) in [7, 11) is 0. The van der Waals surface area contributed by atoms with E-state index in [1.807, 2.05) is 18.2 Å². The summed E-state index contributed by atoms with van der Waals surface area (Å²) in [6, 6.07) is 16.6. The van der Waals surface area contributed by atoms with Crippen molar-refractivity contribution in [2.75, 3.05) is 37.7 Å². The number of benzene rings is 2. The largest absolute Gasteiger partial charge is 0.459 e. The van der Waals surface area contributed by atoms with Gasteiger partial charge in [-0.05, 0) is 31.5 Å². The van der Waals surface area contributed by atoms with E-state index >= 15 is 0 Å². The normalized spacial score (nSPS) is 14.4. The van der Waals surface area contributed by atoms with Gasteiger partial charge in [-0.15, -0.1) is 24.0 Å². The third-order valence-corrected chi connectivity index (χ3v) is 5.45. The van der Waals surface area contributed by atoms with Gasteiger partial charge >= 0.3 is 0 Å². The number of hydrogen-bond donors (Lipinski definition) is 2. The Hall–Kier alpha value is -2.26. The minimum atomic E-state index is 0. The number of rotatable bonds is 6. The number of aliphatic imine (C=N–C) groups is 1. The van der Waals surface area contributed by atoms with Gasteiger partial charge in [-0.2, -0.15) is 0 Å². The molecule has 6 nitrogen and oxygen atoms in total. The Balaban J connectivity index is 0.00000272. The van der Waals surface area contributed by atoms with Crippen LogP contribution in [0.15, 0.2) is 57.9 Å². The van der Waals surface area contributed by atoms with Crippen LogP contribution in [0.3, 0.4) is 0 Å². The first-order valence-corrected chi connectivity index (χ1v) is 10.7. The number of hydrogen-bond acceptors (Lipinski definition) is 4. The second-order valence-electron chi connectivity index (χ2n) is 7.42. The number of halogens is 1. The summed E-state index contributed by atoms with van der Waals surface area (Å²) in [4.78, 5) is 7.21. The highest BCUT2D eigenvalue weighted by atomic mass is 127. The van der Waals surface area contributed by atoms with Crippen LogP contribution in [-0.4, -0.2) is 38.8 Å². The molecule has 7 heteroatoms. The van der Waals surface area contributed by atoms with Crippen LogP contribution in [0.5, 0.6) is 0 Å². The molecule has 2 heterocycles. The van der Waals surface area contributed by atoms with E-state index < -0.39 is 0 Å². The first-order chi connectivity index (χ1) is 14.8. The Labute approximate surface area is 201 Å². The number of ether oxygens (including phenoxy) is 1. The van der Waals surface area contributed by atoms with E-state index in [1.54, 1.807) is 0 Å². The third-order valence-electron chi connectivity index (χ3n) is 5.45. The SMILES string of the molecule is CCNC(=NCc1ccccc1N1CCOCC1)NCc1oc2ccccc2c1C.I. The molecule has 0 unspecified atom stereocenters. The fraction of sp³-hybridized carbons (Fsp3) is 0.375. The van der Waals surface area contributed by atoms with Gasteiger partial charge in [0.2, 0.25) is 0 Å². The number of morpholine rings is 1. The van der Waals surface area contributed by atoms with Crippen molar-refractivity contribution < 1.29 is 9.15 Å². The van der Waals surface area contributed by atoms with Crippen molar-refractivity contribution in [1.82, 2.24) is 10.6 Å². The van der Waals surface area contributed by atoms with Gasteiger partial charge in [0, 0.05) is 36.3 Å². The molecule has 4 rings (SSSR count). The highest BCUT2D eigenvalue weighted by Crippen LogP contribution is 2.25. The number of aryl methyl sites for hydroxylation is 1. The van der Waals surface area contributed by atoms with Crippen molar-refractivity contribution >= 4 is 46.6 Å². The zero-order valence-corrected chi connectivity index (χ0v) is 20.5. The van der Waals surface area contributed by atoms with Crippen molar-refractivity contribution in [3.8, 4) is 0 Å². The minimum Gasteiger partial charge on any atom is -0.459 e. The molecule has 1 aromatic heterocycles. The Bertz CT molecular complexity index is 1010. The smallest absolute Gasteiger partial charge is 0.191 e. The number of nitrogens with one attached hydrogen (secondary N) is 2. The van der Waals surface area contributed by atoms with Crippen LogP contribution in [0.1, 0.15) is 23.8 Å². The molecule has 0 bridgehead atoms. The molecule has 0 aliphatic carbocycles. The van der Waals surface area contributed by atoms with Crippen molar-refractivity contribution in [2.45, 2.75) is 26.9 Å². The quantitative estimate of drug-likeness (QED) is 0.278. The lowest BCUT2D eigenvalue weighted by Gasteiger charge is -2.30. The van der Waals surface area contributed by atoms with Crippen molar-refractivity contribution in [3.63, 3.8) is 0 Å². The van der Waals surface area contributed by atoms with Crippen LogP contribution in [0.4, 0.5) is 5.69 Å². The number of nitrogens with zero attached hydrogens (tertiary/aromatic N) is 2. The number of guanidine groups is 1. The average Bonchev–Trinajstić information content (AvgIpc) is 3.12. The topological polar surface area (TPSA) is 62.0 Å². The first-order valence-electron chi connectivity index (χ1n) is 10.7. The summed E-state index contributed by atoms with van der Waals surface area (Å²) in [6.07, 6.45) is 0. The summed E-state index contributed by atoms with van der Waals surface area (Å²) in [5.41, 5.74) is 4.56. The molecule has 2 N–H and O–H groups in total. The van der Waals surface area contributed by atoms with Crippen molar-refractivity contribution in [1.29, 1.82) is 0 Å². The molecule has 1 aliphatic rings. The second-order valence-corrected chi connectivity index (χ2v) is 7.42. The van der Waals surface area contributed by atoms with E-state index in [9.17, 15) is 0 Å². The predicted molar refractivity (Wildman–Crippen MR) is 137 cm³/mol. The standard InChI is InChI=1S/C24H30N4O2.HI/c1-3-25-24(27-17-23-18(2)20-9-5-7-11-22(20)30-23)26-16-19-8-4-6-10-21(19)28-12-14-29-15-13-28;/h4-11H,3,12-17H2,1-2H3,(H2,25,26,27);1H. The lowest BCUT2D eigenvalue weighted by molar-refractivity contribution is 0.122. The first kappa shape index (κ1) is 23.4. The Morgan fingerprint density at radius 2 is 1.77 bits per heavy atom. The van der Waals surface area contributed by atoms with Crippen LogP contribution in [0.25, 0.3) is 11.0 Å². The summed E-state index contributed by atoms with van der Waals surface area (Å²) >= 11 is 0. The highest BCUT2D eigenvalue weighted by molar-refractivity contribution is 14.0. The molecule has 3 aromatic rings. The number of fused-ring (bicyclic) bond motifs is 1. The van der Waals surface area contributed by atoms with E-state index in [4.69, 9.17) is 14.1 Å². The van der Waals surface area contributed by atoms with Gasteiger partial charge < -0.3 is 24.7 Å². The van der Waals surface area contributed by atoms with Gasteiger partial charge in [0.25, 0.3) is 0 Å². The van der Waals surface area contributed by atoms with E-state index in [-0.39, 0.29) is 24.0 Å². The van der Waals surface area contributed by atoms with Crippen molar-refractivity contribution in [3.05, 3.63) is 65.4 Å². The van der Waals surface area contributed by atoms with E-state index in [0.29, 0.717) is 13.1 Å². The van der Waals surface area contributed by atoms with Crippen molar-refractivity contribution in [2.24, 2.45) is 4.99 Å². The van der Waals surface area contributed by atoms with Gasteiger partial charge in [0.05, 0.1) is 26.3 Å². The summed E-state index contributed by atoms with van der Waals surface area (Å²) in [6.45, 7) is 9.58. The Kier molecular flexibility index (Phi) is 8.60. The number of anilines is 1. The average molecular weight is 534 g/mol. The summed E-state index contributed by atoms with van der Waals surface area (Å²) < 4.78 is 11.5. The molecule has 166 valence electrons. The molecular formula is C24H31IN4O2. The van der Waals surface area contributed by atoms with Gasteiger partial charge in [0.1, 0.15) is 11.3 Å². The minimum absolute atomic E-state index is 0. The zero-order chi connectivity index (χ0) is 20.8. The van der Waals surface area contributed by atoms with Crippen LogP contribution in [0, 0.1) is 6.92 Å². The van der Waals surface area contributed by atoms with Crippen LogP contribution < -0.4 is 15.5 Å². The van der Waals surface area contributed by atoms with E-state index in [1.165, 1.54) is 16.8 Å². The maximum absolute atomic E-state index is 6.02. The van der Waals surface area contributed by atoms with Crippen LogP contribution in [0.2, 0.25) is 0 Å².